The van der Waals surface area contributed by atoms with Crippen molar-refractivity contribution in [3.8, 4) is 0 Å². The molecule has 0 atom stereocenters. The number of benzene rings is 2. The molecule has 0 heteroatoms. The van der Waals surface area contributed by atoms with Gasteiger partial charge in [-0.1, -0.05) is 86.0 Å². The molecule has 0 radical (unpaired) electrons. The Morgan fingerprint density at radius 1 is 0.500 bits per heavy atom. The largest absolute Gasteiger partial charge is 0.0985 e. The first kappa shape index (κ1) is 12.1. The molecule has 18 heavy (non-hydrogen) atoms. The molecule has 0 aromatic heterocycles. The highest BCUT2D eigenvalue weighted by Crippen LogP contribution is 2.11. The summed E-state index contributed by atoms with van der Waals surface area (Å²) in [5.74, 6) is 0. The predicted molar refractivity (Wildman–Crippen MR) is 82.0 cm³/mol. The minimum Gasteiger partial charge on any atom is -0.0985 e. The molecule has 0 spiro atoms. The van der Waals surface area contributed by atoms with E-state index in [1.807, 2.05) is 12.2 Å². The highest BCUT2D eigenvalue weighted by Gasteiger charge is 1.90. The Hall–Kier alpha value is -2.34. The Labute approximate surface area is 109 Å². The lowest BCUT2D eigenvalue weighted by molar-refractivity contribution is 1.61. The first-order valence-electron chi connectivity index (χ1n) is 5.95. The fourth-order valence-corrected chi connectivity index (χ4v) is 1.68. The lowest BCUT2D eigenvalue weighted by Crippen LogP contribution is -1.75. The predicted octanol–water partition coefficient (Wildman–Crippen LogP) is 5.14. The Kier molecular flexibility index (Phi) is 3.93. The molecule has 0 fully saturated rings. The van der Waals surface area contributed by atoms with Crippen LogP contribution in [0.5, 0.6) is 0 Å². The van der Waals surface area contributed by atoms with Gasteiger partial charge in [0.1, 0.15) is 0 Å². The van der Waals surface area contributed by atoms with E-state index in [1.165, 1.54) is 11.1 Å². The summed E-state index contributed by atoms with van der Waals surface area (Å²) < 4.78 is 0. The molecular weight excluding hydrogens is 216 g/mol. The lowest BCUT2D eigenvalue weighted by Gasteiger charge is -1.97. The van der Waals surface area contributed by atoms with Crippen LogP contribution >= 0.6 is 0 Å². The second kappa shape index (κ2) is 5.83. The van der Waals surface area contributed by atoms with E-state index in [-0.39, 0.29) is 0 Å². The molecule has 0 aliphatic rings. The molecule has 0 aliphatic carbocycles. The Morgan fingerprint density at radius 3 is 1.06 bits per heavy atom. The van der Waals surface area contributed by atoms with Gasteiger partial charge in [-0.05, 0) is 22.3 Å². The summed E-state index contributed by atoms with van der Waals surface area (Å²) in [7, 11) is 0. The van der Waals surface area contributed by atoms with Crippen LogP contribution in [-0.4, -0.2) is 0 Å². The molecule has 2 rings (SSSR count). The van der Waals surface area contributed by atoms with Crippen molar-refractivity contribution in [2.24, 2.45) is 0 Å². The van der Waals surface area contributed by atoms with Crippen molar-refractivity contribution in [3.63, 3.8) is 0 Å². The first-order chi connectivity index (χ1) is 8.81. The zero-order chi connectivity index (χ0) is 12.8. The molecule has 88 valence electrons. The number of hydrogen-bond donors (Lipinski definition) is 0. The number of hydrogen-bond acceptors (Lipinski definition) is 0. The molecule has 0 bridgehead atoms. The van der Waals surface area contributed by atoms with Crippen LogP contribution in [0.15, 0.2) is 61.7 Å². The molecule has 0 unspecified atom stereocenters. The van der Waals surface area contributed by atoms with Gasteiger partial charge in [0.2, 0.25) is 0 Å². The van der Waals surface area contributed by atoms with E-state index >= 15 is 0 Å². The van der Waals surface area contributed by atoms with Crippen LogP contribution in [0.3, 0.4) is 0 Å². The monoisotopic (exact) mass is 232 g/mol. The third-order valence-electron chi connectivity index (χ3n) is 2.81. The van der Waals surface area contributed by atoms with Crippen molar-refractivity contribution in [2.75, 3.05) is 0 Å². The van der Waals surface area contributed by atoms with Crippen molar-refractivity contribution < 1.29 is 0 Å². The molecule has 0 heterocycles. The van der Waals surface area contributed by atoms with Crippen LogP contribution in [0.4, 0.5) is 0 Å². The van der Waals surface area contributed by atoms with Gasteiger partial charge in [0.15, 0.2) is 0 Å². The van der Waals surface area contributed by atoms with E-state index in [0.717, 1.165) is 11.1 Å². The molecule has 0 N–H and O–H groups in total. The van der Waals surface area contributed by atoms with Gasteiger partial charge in [-0.25, -0.2) is 0 Å². The molecule has 0 saturated heterocycles. The maximum atomic E-state index is 3.74. The summed E-state index contributed by atoms with van der Waals surface area (Å²) in [6.45, 7) is 7.49. The van der Waals surface area contributed by atoms with Gasteiger partial charge >= 0.3 is 0 Å². The molecule has 2 aromatic carbocycles. The minimum atomic E-state index is 1.14. The third kappa shape index (κ3) is 3.08. The maximum absolute atomic E-state index is 3.74. The smallest absolute Gasteiger partial charge is 0.0256 e. The van der Waals surface area contributed by atoms with E-state index in [4.69, 9.17) is 0 Å². The summed E-state index contributed by atoms with van der Waals surface area (Å²) in [5, 5.41) is 0. The molecule has 0 saturated carbocycles. The molecular formula is C18H16. The topological polar surface area (TPSA) is 0 Å². The fraction of sp³-hybridized carbons (Fsp3) is 0. The summed E-state index contributed by atoms with van der Waals surface area (Å²) in [4.78, 5) is 0. The second-order valence-electron chi connectivity index (χ2n) is 4.07. The summed E-state index contributed by atoms with van der Waals surface area (Å²) >= 11 is 0. The molecule has 2 aromatic rings. The van der Waals surface area contributed by atoms with Crippen molar-refractivity contribution >= 4 is 24.3 Å². The van der Waals surface area contributed by atoms with E-state index < -0.39 is 0 Å². The third-order valence-corrected chi connectivity index (χ3v) is 2.81. The van der Waals surface area contributed by atoms with Gasteiger partial charge in [-0.15, -0.1) is 0 Å². The van der Waals surface area contributed by atoms with Crippen molar-refractivity contribution in [1.82, 2.24) is 0 Å². The Morgan fingerprint density at radius 2 is 0.778 bits per heavy atom. The quantitative estimate of drug-likeness (QED) is 0.640. The van der Waals surface area contributed by atoms with Gasteiger partial charge in [-0.2, -0.15) is 0 Å². The van der Waals surface area contributed by atoms with Crippen LogP contribution < -0.4 is 0 Å². The first-order valence-corrected chi connectivity index (χ1v) is 5.95. The molecule has 0 aliphatic heterocycles. The summed E-state index contributed by atoms with van der Waals surface area (Å²) in [6.07, 6.45) is 7.91. The van der Waals surface area contributed by atoms with E-state index in [1.54, 1.807) is 0 Å². The van der Waals surface area contributed by atoms with Crippen LogP contribution in [0.2, 0.25) is 0 Å². The second-order valence-corrected chi connectivity index (χ2v) is 4.07. The van der Waals surface area contributed by atoms with Gasteiger partial charge < -0.3 is 0 Å². The van der Waals surface area contributed by atoms with Crippen LogP contribution in [0.25, 0.3) is 24.3 Å². The van der Waals surface area contributed by atoms with Crippen LogP contribution in [0, 0.1) is 0 Å². The average Bonchev–Trinajstić information content (AvgIpc) is 2.46. The van der Waals surface area contributed by atoms with Gasteiger partial charge in [0, 0.05) is 0 Å². The van der Waals surface area contributed by atoms with Gasteiger partial charge in [0.25, 0.3) is 0 Å². The van der Waals surface area contributed by atoms with E-state index in [2.05, 4.69) is 73.8 Å². The lowest BCUT2D eigenvalue weighted by atomic mass is 10.1. The summed E-state index contributed by atoms with van der Waals surface area (Å²) in [5.41, 5.74) is 4.66. The SMILES string of the molecule is C=Cc1ccc(C=Cc2ccc(C=C)cc2)cc1. The van der Waals surface area contributed by atoms with Crippen molar-refractivity contribution in [3.05, 3.63) is 83.9 Å². The van der Waals surface area contributed by atoms with Crippen LogP contribution in [0.1, 0.15) is 22.3 Å². The normalized spacial score (nSPS) is 10.4. The van der Waals surface area contributed by atoms with Gasteiger partial charge in [0.05, 0.1) is 0 Å². The Balaban J connectivity index is 2.13. The standard InChI is InChI=1S/C18H16/c1-3-15-5-9-17(10-6-15)13-14-18-11-7-16(4-2)8-12-18/h3-14H,1-2H2. The maximum Gasteiger partial charge on any atom is -0.0256 e. The highest BCUT2D eigenvalue weighted by molar-refractivity contribution is 5.70. The molecule has 0 nitrogen and oxygen atoms in total. The fourth-order valence-electron chi connectivity index (χ4n) is 1.68. The zero-order valence-electron chi connectivity index (χ0n) is 10.3. The van der Waals surface area contributed by atoms with Crippen molar-refractivity contribution in [2.45, 2.75) is 0 Å². The summed E-state index contributed by atoms with van der Waals surface area (Å²) in [6, 6.07) is 16.6. The average molecular weight is 232 g/mol. The van der Waals surface area contributed by atoms with Crippen molar-refractivity contribution in [1.29, 1.82) is 0 Å². The van der Waals surface area contributed by atoms with Crippen LogP contribution in [-0.2, 0) is 0 Å². The van der Waals surface area contributed by atoms with Gasteiger partial charge in [-0.3, -0.25) is 0 Å². The zero-order valence-corrected chi connectivity index (χ0v) is 10.3. The highest BCUT2D eigenvalue weighted by atomic mass is 14.0. The van der Waals surface area contributed by atoms with E-state index in [0.29, 0.717) is 0 Å². The molecule has 0 amide bonds. The van der Waals surface area contributed by atoms with E-state index in [9.17, 15) is 0 Å². The number of rotatable bonds is 4. The Bertz CT molecular complexity index is 500. The minimum absolute atomic E-state index is 1.14.